The van der Waals surface area contributed by atoms with Gasteiger partial charge < -0.3 is 10.4 Å². The molecule has 0 saturated carbocycles. The maximum Gasteiger partial charge on any atom is 0.348 e. The number of anilines is 1. The van der Waals surface area contributed by atoms with E-state index in [0.717, 1.165) is 29.5 Å². The first-order valence-corrected chi connectivity index (χ1v) is 5.95. The fourth-order valence-electron chi connectivity index (χ4n) is 1.47. The van der Waals surface area contributed by atoms with Gasteiger partial charge in [-0.2, -0.15) is 0 Å². The van der Waals surface area contributed by atoms with E-state index >= 15 is 0 Å². The third-order valence-corrected chi connectivity index (χ3v) is 3.20. The van der Waals surface area contributed by atoms with E-state index in [1.807, 2.05) is 0 Å². The molecule has 1 aromatic heterocycles. The van der Waals surface area contributed by atoms with Gasteiger partial charge in [0.25, 0.3) is 5.91 Å². The van der Waals surface area contributed by atoms with E-state index in [9.17, 15) is 18.4 Å². The molecule has 2 aromatic rings. The highest BCUT2D eigenvalue weighted by Gasteiger charge is 2.20. The highest BCUT2D eigenvalue weighted by atomic mass is 32.1. The number of carbonyl (C=O) groups excluding carboxylic acids is 1. The molecule has 0 aliphatic carbocycles. The van der Waals surface area contributed by atoms with Crippen LogP contribution in [-0.2, 0) is 0 Å². The number of thiophene rings is 1. The van der Waals surface area contributed by atoms with Gasteiger partial charge in [-0.25, -0.2) is 13.6 Å². The molecule has 0 unspecified atom stereocenters. The Morgan fingerprint density at radius 2 is 1.79 bits per heavy atom. The van der Waals surface area contributed by atoms with Crippen LogP contribution < -0.4 is 5.32 Å². The monoisotopic (exact) mass is 283 g/mol. The molecule has 98 valence electrons. The number of halogens is 2. The zero-order valence-corrected chi connectivity index (χ0v) is 10.1. The molecule has 0 atom stereocenters. The van der Waals surface area contributed by atoms with Gasteiger partial charge in [0.1, 0.15) is 22.1 Å². The Hall–Kier alpha value is -2.28. The summed E-state index contributed by atoms with van der Waals surface area (Å²) in [6.07, 6.45) is 0. The number of hydrogen-bond acceptors (Lipinski definition) is 3. The minimum absolute atomic E-state index is 0.00477. The Balaban J connectivity index is 2.31. The Morgan fingerprint density at radius 3 is 2.37 bits per heavy atom. The van der Waals surface area contributed by atoms with Crippen molar-refractivity contribution in [2.45, 2.75) is 0 Å². The van der Waals surface area contributed by atoms with Crippen LogP contribution >= 0.6 is 11.3 Å². The van der Waals surface area contributed by atoms with Crippen LogP contribution in [0, 0.1) is 11.6 Å². The fraction of sp³-hybridized carbons (Fsp3) is 0. The van der Waals surface area contributed by atoms with Crippen molar-refractivity contribution in [2.24, 2.45) is 0 Å². The standard InChI is InChI=1S/C12H7F2NO3S/c13-6-2-1-3-7(14)9(6)11(16)15-8-4-5-19-10(8)12(17)18/h1-5H,(H,15,16)(H,17,18). The molecule has 2 rings (SSSR count). The van der Waals surface area contributed by atoms with Crippen molar-refractivity contribution in [1.29, 1.82) is 0 Å². The quantitative estimate of drug-likeness (QED) is 0.910. The van der Waals surface area contributed by atoms with Gasteiger partial charge in [0.05, 0.1) is 5.69 Å². The molecule has 1 aromatic carbocycles. The molecule has 0 radical (unpaired) electrons. The van der Waals surface area contributed by atoms with Gasteiger partial charge in [0, 0.05) is 0 Å². The van der Waals surface area contributed by atoms with Crippen molar-refractivity contribution in [2.75, 3.05) is 5.32 Å². The first-order valence-electron chi connectivity index (χ1n) is 5.07. The summed E-state index contributed by atoms with van der Waals surface area (Å²) in [7, 11) is 0. The lowest BCUT2D eigenvalue weighted by Crippen LogP contribution is -2.16. The summed E-state index contributed by atoms with van der Waals surface area (Å²) in [5.41, 5.74) is -0.741. The van der Waals surface area contributed by atoms with Gasteiger partial charge in [-0.3, -0.25) is 4.79 Å². The molecule has 19 heavy (non-hydrogen) atoms. The van der Waals surface area contributed by atoms with Gasteiger partial charge >= 0.3 is 5.97 Å². The predicted molar refractivity (Wildman–Crippen MR) is 65.6 cm³/mol. The zero-order chi connectivity index (χ0) is 14.0. The first-order chi connectivity index (χ1) is 9.00. The van der Waals surface area contributed by atoms with Crippen LogP contribution in [0.4, 0.5) is 14.5 Å². The Labute approximate surface area is 110 Å². The Bertz CT molecular complexity index is 634. The smallest absolute Gasteiger partial charge is 0.348 e. The van der Waals surface area contributed by atoms with Gasteiger partial charge in [-0.05, 0) is 23.6 Å². The maximum absolute atomic E-state index is 13.4. The van der Waals surface area contributed by atoms with Gasteiger partial charge in [0.15, 0.2) is 0 Å². The third kappa shape index (κ3) is 2.60. The summed E-state index contributed by atoms with van der Waals surface area (Å²) >= 11 is 0.901. The number of aromatic carboxylic acids is 1. The van der Waals surface area contributed by atoms with Crippen molar-refractivity contribution in [3.8, 4) is 0 Å². The van der Waals surface area contributed by atoms with Crippen LogP contribution in [0.2, 0.25) is 0 Å². The summed E-state index contributed by atoms with van der Waals surface area (Å²) in [6.45, 7) is 0. The number of rotatable bonds is 3. The number of carbonyl (C=O) groups is 2. The van der Waals surface area contributed by atoms with E-state index in [1.165, 1.54) is 11.4 Å². The van der Waals surface area contributed by atoms with Crippen molar-refractivity contribution < 1.29 is 23.5 Å². The lowest BCUT2D eigenvalue weighted by molar-refractivity contribution is 0.0703. The minimum atomic E-state index is -1.22. The summed E-state index contributed by atoms with van der Waals surface area (Å²) in [5.74, 6) is -4.27. The summed E-state index contributed by atoms with van der Waals surface area (Å²) in [5, 5.41) is 12.5. The summed E-state index contributed by atoms with van der Waals surface area (Å²) < 4.78 is 26.7. The molecule has 0 spiro atoms. The summed E-state index contributed by atoms with van der Waals surface area (Å²) in [4.78, 5) is 22.5. The molecular formula is C12H7F2NO3S. The van der Waals surface area contributed by atoms with E-state index in [4.69, 9.17) is 5.11 Å². The Morgan fingerprint density at radius 1 is 1.16 bits per heavy atom. The van der Waals surface area contributed by atoms with Gasteiger partial charge in [-0.15, -0.1) is 11.3 Å². The molecular weight excluding hydrogens is 276 g/mol. The number of hydrogen-bond donors (Lipinski definition) is 2. The number of benzene rings is 1. The van der Waals surface area contributed by atoms with Crippen LogP contribution in [-0.4, -0.2) is 17.0 Å². The number of carboxylic acid groups (broad SMARTS) is 1. The van der Waals surface area contributed by atoms with E-state index < -0.39 is 29.1 Å². The van der Waals surface area contributed by atoms with Crippen molar-refractivity contribution in [3.63, 3.8) is 0 Å². The lowest BCUT2D eigenvalue weighted by Gasteiger charge is -2.06. The molecule has 0 saturated heterocycles. The molecule has 0 aliphatic rings. The van der Waals surface area contributed by atoms with Crippen molar-refractivity contribution >= 4 is 28.9 Å². The summed E-state index contributed by atoms with van der Waals surface area (Å²) in [6, 6.07) is 4.38. The second-order valence-electron chi connectivity index (χ2n) is 3.52. The molecule has 0 aliphatic heterocycles. The van der Waals surface area contributed by atoms with Crippen LogP contribution in [0.1, 0.15) is 20.0 Å². The molecule has 4 nitrogen and oxygen atoms in total. The Kier molecular flexibility index (Phi) is 3.57. The third-order valence-electron chi connectivity index (χ3n) is 2.30. The van der Waals surface area contributed by atoms with Crippen LogP contribution in [0.3, 0.4) is 0 Å². The van der Waals surface area contributed by atoms with E-state index in [1.54, 1.807) is 0 Å². The second kappa shape index (κ2) is 5.15. The maximum atomic E-state index is 13.4. The minimum Gasteiger partial charge on any atom is -0.477 e. The highest BCUT2D eigenvalue weighted by molar-refractivity contribution is 7.12. The largest absolute Gasteiger partial charge is 0.477 e. The van der Waals surface area contributed by atoms with E-state index in [2.05, 4.69) is 5.32 Å². The lowest BCUT2D eigenvalue weighted by atomic mass is 10.2. The molecule has 1 heterocycles. The molecule has 7 heteroatoms. The van der Waals surface area contributed by atoms with Crippen LogP contribution in [0.15, 0.2) is 29.6 Å². The van der Waals surface area contributed by atoms with E-state index in [-0.39, 0.29) is 10.6 Å². The average molecular weight is 283 g/mol. The molecule has 2 N–H and O–H groups in total. The topological polar surface area (TPSA) is 66.4 Å². The molecule has 1 amide bonds. The zero-order valence-electron chi connectivity index (χ0n) is 9.31. The number of amides is 1. The fourth-order valence-corrected chi connectivity index (χ4v) is 2.16. The highest BCUT2D eigenvalue weighted by Crippen LogP contribution is 2.23. The number of carboxylic acids is 1. The number of nitrogens with one attached hydrogen (secondary N) is 1. The van der Waals surface area contributed by atoms with Crippen molar-refractivity contribution in [1.82, 2.24) is 0 Å². The predicted octanol–water partition coefficient (Wildman–Crippen LogP) is 2.98. The van der Waals surface area contributed by atoms with Crippen LogP contribution in [0.5, 0.6) is 0 Å². The van der Waals surface area contributed by atoms with Crippen LogP contribution in [0.25, 0.3) is 0 Å². The van der Waals surface area contributed by atoms with E-state index in [0.29, 0.717) is 0 Å². The normalized spacial score (nSPS) is 10.2. The SMILES string of the molecule is O=C(O)c1sccc1NC(=O)c1c(F)cccc1F. The van der Waals surface area contributed by atoms with Gasteiger partial charge in [-0.1, -0.05) is 6.07 Å². The second-order valence-corrected chi connectivity index (χ2v) is 4.44. The molecule has 0 fully saturated rings. The first kappa shape index (κ1) is 13.2. The van der Waals surface area contributed by atoms with Crippen molar-refractivity contribution in [3.05, 3.63) is 51.7 Å². The average Bonchev–Trinajstić information content (AvgIpc) is 2.76. The van der Waals surface area contributed by atoms with Gasteiger partial charge in [0.2, 0.25) is 0 Å². The molecule has 0 bridgehead atoms.